The molecule has 9 nitrogen and oxygen atoms in total. The van der Waals surface area contributed by atoms with Crippen LogP contribution in [0.5, 0.6) is 0 Å². The van der Waals surface area contributed by atoms with E-state index >= 15 is 0 Å². The third-order valence-electron chi connectivity index (χ3n) is 7.93. The molecule has 0 bridgehead atoms. The Hall–Kier alpha value is -5.57. The van der Waals surface area contributed by atoms with Gasteiger partial charge in [0.2, 0.25) is 17.5 Å². The first kappa shape index (κ1) is 30.5. The summed E-state index contributed by atoms with van der Waals surface area (Å²) >= 11 is 0. The van der Waals surface area contributed by atoms with Gasteiger partial charge in [-0.1, -0.05) is 78.9 Å². The first-order valence-electron chi connectivity index (χ1n) is 15.0. The summed E-state index contributed by atoms with van der Waals surface area (Å²) in [5, 5.41) is 5.18. The van der Waals surface area contributed by atoms with E-state index in [0.29, 0.717) is 16.7 Å². The molecule has 6 rings (SSSR count). The van der Waals surface area contributed by atoms with Crippen LogP contribution in [0.25, 0.3) is 22.3 Å². The highest BCUT2D eigenvalue weighted by Crippen LogP contribution is 2.44. The molecule has 4 aromatic carbocycles. The first-order chi connectivity index (χ1) is 22.0. The third-order valence-corrected chi connectivity index (χ3v) is 7.93. The van der Waals surface area contributed by atoms with Gasteiger partial charge in [0.15, 0.2) is 0 Å². The van der Waals surface area contributed by atoms with Crippen molar-refractivity contribution >= 4 is 35.2 Å². The number of amides is 2. The van der Waals surface area contributed by atoms with E-state index < -0.39 is 47.6 Å². The molecular weight excluding hydrogens is 584 g/mol. The van der Waals surface area contributed by atoms with Crippen LogP contribution in [0.15, 0.2) is 91.0 Å². The highest BCUT2D eigenvalue weighted by Gasteiger charge is 2.33. The standard InChI is InChI=1S/C37H32N2O7/c1-37(2,3)46-35(43)31(39-36(44)45-20-30-25-13-6-4-10-22(25)23-11-5-7-14-26(23)30)19-32(40)38-21-16-17-27-24-12-8-9-15-28(24)33(41)34(42)29(27)18-21/h4-18,30-31H,19-20H2,1-3H3,(H,38,40)(H,39,44)/t31-/m0/s1. The Morgan fingerprint density at radius 2 is 1.26 bits per heavy atom. The van der Waals surface area contributed by atoms with E-state index in [1.54, 1.807) is 57.2 Å². The summed E-state index contributed by atoms with van der Waals surface area (Å²) in [6.07, 6.45) is -1.34. The summed E-state index contributed by atoms with van der Waals surface area (Å²) in [5.74, 6) is -2.91. The molecule has 2 amide bonds. The third kappa shape index (κ3) is 6.04. The summed E-state index contributed by atoms with van der Waals surface area (Å²) in [6.45, 7) is 5.06. The topological polar surface area (TPSA) is 128 Å². The van der Waals surface area contributed by atoms with Gasteiger partial charge in [-0.2, -0.15) is 0 Å². The number of benzene rings is 4. The minimum absolute atomic E-state index is 0.0259. The molecule has 2 aliphatic rings. The second-order valence-corrected chi connectivity index (χ2v) is 12.3. The van der Waals surface area contributed by atoms with Crippen molar-refractivity contribution in [2.75, 3.05) is 11.9 Å². The number of anilines is 1. The van der Waals surface area contributed by atoms with Crippen LogP contribution in [0.1, 0.15) is 65.0 Å². The zero-order valence-corrected chi connectivity index (χ0v) is 25.6. The van der Waals surface area contributed by atoms with Crippen molar-refractivity contribution in [3.63, 3.8) is 0 Å². The van der Waals surface area contributed by atoms with Gasteiger partial charge in [-0.25, -0.2) is 9.59 Å². The average molecular weight is 617 g/mol. The van der Waals surface area contributed by atoms with Crippen LogP contribution in [0.3, 0.4) is 0 Å². The highest BCUT2D eigenvalue weighted by atomic mass is 16.6. The maximum atomic E-state index is 13.2. The molecule has 0 aromatic heterocycles. The monoisotopic (exact) mass is 616 g/mol. The quantitative estimate of drug-likeness (QED) is 0.184. The minimum Gasteiger partial charge on any atom is -0.458 e. The maximum absolute atomic E-state index is 13.2. The van der Waals surface area contributed by atoms with Gasteiger partial charge in [-0.15, -0.1) is 0 Å². The molecule has 0 heterocycles. The fraction of sp³-hybridized carbons (Fsp3) is 0.216. The SMILES string of the molecule is CC(C)(C)OC(=O)[C@H](CC(=O)Nc1ccc2c(c1)C(=O)C(=O)c1ccccc1-2)NC(=O)OCC1c2ccccc2-c2ccccc21. The molecule has 0 saturated carbocycles. The van der Waals surface area contributed by atoms with E-state index in [1.807, 2.05) is 48.5 Å². The number of fused-ring (bicyclic) bond motifs is 6. The molecule has 46 heavy (non-hydrogen) atoms. The van der Waals surface area contributed by atoms with Crippen LogP contribution in [0, 0.1) is 0 Å². The van der Waals surface area contributed by atoms with Crippen molar-refractivity contribution in [1.29, 1.82) is 0 Å². The highest BCUT2D eigenvalue weighted by molar-refractivity contribution is 6.53. The Morgan fingerprint density at radius 1 is 0.717 bits per heavy atom. The minimum atomic E-state index is -1.36. The van der Waals surface area contributed by atoms with Crippen LogP contribution in [-0.2, 0) is 19.1 Å². The predicted octanol–water partition coefficient (Wildman–Crippen LogP) is 6.31. The predicted molar refractivity (Wildman–Crippen MR) is 172 cm³/mol. The molecule has 232 valence electrons. The van der Waals surface area contributed by atoms with E-state index in [9.17, 15) is 24.0 Å². The molecule has 1 atom stereocenters. The Bertz CT molecular complexity index is 1860. The van der Waals surface area contributed by atoms with Crippen molar-refractivity contribution in [3.8, 4) is 22.3 Å². The van der Waals surface area contributed by atoms with Crippen molar-refractivity contribution in [1.82, 2.24) is 5.32 Å². The van der Waals surface area contributed by atoms with Gasteiger partial charge in [-0.05, 0) is 66.3 Å². The molecule has 0 fully saturated rings. The summed E-state index contributed by atoms with van der Waals surface area (Å²) in [7, 11) is 0. The molecular formula is C37H32N2O7. The lowest BCUT2D eigenvalue weighted by Crippen LogP contribution is -2.46. The normalized spacial score (nSPS) is 13.9. The van der Waals surface area contributed by atoms with Crippen molar-refractivity contribution in [3.05, 3.63) is 113 Å². The van der Waals surface area contributed by atoms with Gasteiger partial charge in [0.25, 0.3) is 0 Å². The van der Waals surface area contributed by atoms with E-state index in [-0.39, 0.29) is 23.8 Å². The van der Waals surface area contributed by atoms with E-state index in [0.717, 1.165) is 22.3 Å². The van der Waals surface area contributed by atoms with Gasteiger partial charge in [0, 0.05) is 22.7 Å². The Kier molecular flexibility index (Phi) is 8.00. The summed E-state index contributed by atoms with van der Waals surface area (Å²) < 4.78 is 11.1. The number of ether oxygens (including phenoxy) is 2. The maximum Gasteiger partial charge on any atom is 0.407 e. The molecule has 2 aliphatic carbocycles. The second-order valence-electron chi connectivity index (χ2n) is 12.3. The number of ketones is 2. The zero-order chi connectivity index (χ0) is 32.6. The van der Waals surface area contributed by atoms with Gasteiger partial charge in [0.1, 0.15) is 18.2 Å². The summed E-state index contributed by atoms with van der Waals surface area (Å²) in [4.78, 5) is 64.8. The van der Waals surface area contributed by atoms with Crippen molar-refractivity contribution < 1.29 is 33.4 Å². The van der Waals surface area contributed by atoms with Crippen molar-refractivity contribution in [2.24, 2.45) is 0 Å². The molecule has 0 spiro atoms. The van der Waals surface area contributed by atoms with Crippen molar-refractivity contribution in [2.45, 2.75) is 44.8 Å². The largest absolute Gasteiger partial charge is 0.458 e. The van der Waals surface area contributed by atoms with Crippen LogP contribution >= 0.6 is 0 Å². The lowest BCUT2D eigenvalue weighted by atomic mass is 9.84. The van der Waals surface area contributed by atoms with E-state index in [2.05, 4.69) is 10.6 Å². The van der Waals surface area contributed by atoms with Gasteiger partial charge in [-0.3, -0.25) is 14.4 Å². The molecule has 9 heteroatoms. The number of rotatable bonds is 7. The van der Waals surface area contributed by atoms with Crippen LogP contribution in [0.4, 0.5) is 10.5 Å². The number of carbonyl (C=O) groups excluding carboxylic acids is 5. The number of nitrogens with one attached hydrogen (secondary N) is 2. The number of carbonyl (C=O) groups is 5. The van der Waals surface area contributed by atoms with Gasteiger partial charge in [0.05, 0.1) is 6.42 Å². The lowest BCUT2D eigenvalue weighted by Gasteiger charge is -2.24. The molecule has 4 aromatic rings. The fourth-order valence-corrected chi connectivity index (χ4v) is 5.95. The van der Waals surface area contributed by atoms with E-state index in [1.165, 1.54) is 6.07 Å². The first-order valence-corrected chi connectivity index (χ1v) is 15.0. The number of alkyl carbamates (subject to hydrolysis) is 1. The lowest BCUT2D eigenvalue weighted by molar-refractivity contribution is -0.158. The molecule has 0 unspecified atom stereocenters. The van der Waals surface area contributed by atoms with Crippen LogP contribution in [-0.4, -0.2) is 47.8 Å². The Balaban J connectivity index is 1.15. The fourth-order valence-electron chi connectivity index (χ4n) is 5.95. The smallest absolute Gasteiger partial charge is 0.407 e. The second kappa shape index (κ2) is 12.1. The number of esters is 1. The molecule has 0 radical (unpaired) electrons. The summed E-state index contributed by atoms with van der Waals surface area (Å²) in [6, 6.07) is 26.0. The summed E-state index contributed by atoms with van der Waals surface area (Å²) in [5.41, 5.74) is 5.32. The number of hydrogen-bond donors (Lipinski definition) is 2. The molecule has 2 N–H and O–H groups in total. The van der Waals surface area contributed by atoms with Gasteiger partial charge >= 0.3 is 12.1 Å². The number of Topliss-reactive ketones (excluding diaryl/α,β-unsaturated/α-hetero) is 2. The number of hydrogen-bond acceptors (Lipinski definition) is 7. The van der Waals surface area contributed by atoms with Crippen LogP contribution < -0.4 is 10.6 Å². The molecule has 0 aliphatic heterocycles. The Morgan fingerprint density at radius 3 is 1.89 bits per heavy atom. The molecule has 0 saturated heterocycles. The van der Waals surface area contributed by atoms with E-state index in [4.69, 9.17) is 9.47 Å². The zero-order valence-electron chi connectivity index (χ0n) is 25.6. The average Bonchev–Trinajstić information content (AvgIpc) is 3.35. The Labute approximate surface area is 265 Å². The van der Waals surface area contributed by atoms with Crippen LogP contribution in [0.2, 0.25) is 0 Å². The van der Waals surface area contributed by atoms with Gasteiger partial charge < -0.3 is 20.1 Å².